The molecule has 2 amide bonds. The highest BCUT2D eigenvalue weighted by molar-refractivity contribution is 5.89. The van der Waals surface area contributed by atoms with Gasteiger partial charge in [0, 0.05) is 30.7 Å². The first kappa shape index (κ1) is 27.3. The number of anilines is 2. The van der Waals surface area contributed by atoms with E-state index in [1.54, 1.807) is 4.57 Å². The van der Waals surface area contributed by atoms with Crippen LogP contribution in [0.3, 0.4) is 0 Å². The van der Waals surface area contributed by atoms with Crippen molar-refractivity contribution < 1.29 is 19.7 Å². The van der Waals surface area contributed by atoms with Gasteiger partial charge in [-0.2, -0.15) is 0 Å². The first-order valence-electron chi connectivity index (χ1n) is 13.2. The van der Waals surface area contributed by atoms with Crippen molar-refractivity contribution in [2.45, 2.75) is 63.6 Å². The van der Waals surface area contributed by atoms with Gasteiger partial charge in [-0.3, -0.25) is 4.57 Å². The van der Waals surface area contributed by atoms with E-state index in [0.29, 0.717) is 24.3 Å². The number of carbonyl (C=O) groups is 1. The number of hydrogen-bond acceptors (Lipinski definition) is 9. The molecule has 2 aromatic heterocycles. The molecule has 12 nitrogen and oxygen atoms in total. The summed E-state index contributed by atoms with van der Waals surface area (Å²) < 4.78 is 7.65. The van der Waals surface area contributed by atoms with Gasteiger partial charge in [0.1, 0.15) is 30.2 Å². The Labute approximate surface area is 227 Å². The van der Waals surface area contributed by atoms with Crippen molar-refractivity contribution in [1.82, 2.24) is 29.7 Å². The minimum absolute atomic E-state index is 0.0290. The fourth-order valence-corrected chi connectivity index (χ4v) is 5.17. The smallest absolute Gasteiger partial charge is 0.319 e. The second-order valence-electron chi connectivity index (χ2n) is 12.0. The van der Waals surface area contributed by atoms with Crippen LogP contribution in [0.25, 0.3) is 11.2 Å². The van der Waals surface area contributed by atoms with Gasteiger partial charge in [0.15, 0.2) is 17.7 Å². The van der Waals surface area contributed by atoms with Crippen LogP contribution >= 0.6 is 0 Å². The summed E-state index contributed by atoms with van der Waals surface area (Å²) in [5.41, 5.74) is 8.71. The number of aromatic nitrogens is 4. The zero-order valence-electron chi connectivity index (χ0n) is 22.8. The zero-order valence-corrected chi connectivity index (χ0v) is 22.8. The maximum atomic E-state index is 12.5. The van der Waals surface area contributed by atoms with Gasteiger partial charge in [0.2, 0.25) is 0 Å². The highest BCUT2D eigenvalue weighted by Gasteiger charge is 2.47. The number of aliphatic hydroxyl groups is 2. The number of hydrogen-bond donors (Lipinski definition) is 5. The molecule has 6 N–H and O–H groups in total. The number of fused-ring (bicyclic) bond motifs is 1. The van der Waals surface area contributed by atoms with Crippen LogP contribution in [-0.2, 0) is 10.2 Å². The van der Waals surface area contributed by atoms with Gasteiger partial charge in [0.25, 0.3) is 0 Å². The maximum Gasteiger partial charge on any atom is 0.319 e. The highest BCUT2D eigenvalue weighted by atomic mass is 16.6. The van der Waals surface area contributed by atoms with E-state index in [1.807, 2.05) is 31.3 Å². The molecule has 0 bridgehead atoms. The van der Waals surface area contributed by atoms with Crippen molar-refractivity contribution in [3.63, 3.8) is 0 Å². The second-order valence-corrected chi connectivity index (χ2v) is 12.0. The first-order chi connectivity index (χ1) is 18.5. The van der Waals surface area contributed by atoms with Gasteiger partial charge in [-0.05, 0) is 43.0 Å². The van der Waals surface area contributed by atoms with E-state index in [0.717, 1.165) is 25.1 Å². The maximum absolute atomic E-state index is 12.5. The lowest BCUT2D eigenvalue weighted by Crippen LogP contribution is -2.43. The second kappa shape index (κ2) is 10.3. The third-order valence-corrected chi connectivity index (χ3v) is 7.69. The molecule has 210 valence electrons. The number of nitrogen functional groups attached to an aromatic ring is 1. The third-order valence-electron chi connectivity index (χ3n) is 7.69. The lowest BCUT2D eigenvalue weighted by molar-refractivity contribution is -0.0432. The van der Waals surface area contributed by atoms with E-state index in [4.69, 9.17) is 10.5 Å². The standard InChI is InChI=1S/C27H38N8O4/c1-26(2,3)16-5-7-17(8-6-16)33-25(38)29-12-27(9-10-27)13-34(4)11-18-20(36)21(37)24(39-18)35-15-32-19-22(28)30-14-31-23(19)35/h5-8,14-15,18,20-21,24,36-37H,9-13H2,1-4H3,(H2,28,30,31)(H2,29,33,38). The first-order valence-corrected chi connectivity index (χ1v) is 13.2. The minimum atomic E-state index is -1.16. The lowest BCUT2D eigenvalue weighted by atomic mass is 9.87. The molecule has 1 saturated carbocycles. The molecule has 12 heteroatoms. The van der Waals surface area contributed by atoms with E-state index in [2.05, 4.69) is 51.3 Å². The molecule has 5 rings (SSSR count). The number of ether oxygens (including phenoxy) is 1. The number of nitrogens with one attached hydrogen (secondary N) is 2. The molecule has 1 aliphatic carbocycles. The largest absolute Gasteiger partial charge is 0.387 e. The third kappa shape index (κ3) is 5.83. The molecule has 1 aromatic carbocycles. The molecule has 0 spiro atoms. The number of benzene rings is 1. The Morgan fingerprint density at radius 2 is 1.90 bits per heavy atom. The predicted octanol–water partition coefficient (Wildman–Crippen LogP) is 1.86. The van der Waals surface area contributed by atoms with Crippen LogP contribution in [0.1, 0.15) is 45.4 Å². The predicted molar refractivity (Wildman–Crippen MR) is 147 cm³/mol. The van der Waals surface area contributed by atoms with E-state index in [9.17, 15) is 15.0 Å². The summed E-state index contributed by atoms with van der Waals surface area (Å²) in [6.45, 7) is 8.14. The van der Waals surface area contributed by atoms with E-state index >= 15 is 0 Å². The van der Waals surface area contributed by atoms with Gasteiger partial charge in [-0.1, -0.05) is 32.9 Å². The topological polar surface area (TPSA) is 164 Å². The minimum Gasteiger partial charge on any atom is -0.387 e. The molecule has 0 radical (unpaired) electrons. The Hall–Kier alpha value is -3.32. The van der Waals surface area contributed by atoms with E-state index < -0.39 is 24.5 Å². The van der Waals surface area contributed by atoms with E-state index in [-0.39, 0.29) is 22.7 Å². The van der Waals surface area contributed by atoms with Crippen molar-refractivity contribution in [3.05, 3.63) is 42.5 Å². The quantitative estimate of drug-likeness (QED) is 0.288. The fourth-order valence-electron chi connectivity index (χ4n) is 5.17. The van der Waals surface area contributed by atoms with Crippen LogP contribution in [0.15, 0.2) is 36.9 Å². The van der Waals surface area contributed by atoms with Crippen LogP contribution in [0.2, 0.25) is 0 Å². The molecule has 3 heterocycles. The van der Waals surface area contributed by atoms with Crippen molar-refractivity contribution in [1.29, 1.82) is 0 Å². The SMILES string of the molecule is CN(CC1OC(n2cnc3c(N)ncnc32)C(O)C1O)CC1(CNC(=O)Nc2ccc(C(C)(C)C)cc2)CC1. The van der Waals surface area contributed by atoms with Gasteiger partial charge in [-0.15, -0.1) is 0 Å². The summed E-state index contributed by atoms with van der Waals surface area (Å²) in [5.74, 6) is 0.235. The Bertz CT molecular complexity index is 1320. The molecule has 39 heavy (non-hydrogen) atoms. The Balaban J connectivity index is 1.13. The Morgan fingerprint density at radius 1 is 1.18 bits per heavy atom. The molecule has 1 aliphatic heterocycles. The molecule has 1 saturated heterocycles. The van der Waals surface area contributed by atoms with Gasteiger partial charge in [-0.25, -0.2) is 19.7 Å². The van der Waals surface area contributed by atoms with Crippen molar-refractivity contribution in [2.24, 2.45) is 5.41 Å². The Kier molecular flexibility index (Phi) is 7.23. The summed E-state index contributed by atoms with van der Waals surface area (Å²) in [5, 5.41) is 27.4. The van der Waals surface area contributed by atoms with Crippen molar-refractivity contribution in [2.75, 3.05) is 37.7 Å². The normalized spacial score (nSPS) is 24.3. The number of likely N-dealkylation sites (N-methyl/N-ethyl adjacent to an activating group) is 1. The molecular formula is C27H38N8O4. The molecule has 2 fully saturated rings. The van der Waals surface area contributed by atoms with Gasteiger partial charge in [0.05, 0.1) is 6.33 Å². The summed E-state index contributed by atoms with van der Waals surface area (Å²) >= 11 is 0. The molecule has 4 atom stereocenters. The fraction of sp³-hybridized carbons (Fsp3) is 0.556. The molecule has 2 aliphatic rings. The molecular weight excluding hydrogens is 500 g/mol. The lowest BCUT2D eigenvalue weighted by Gasteiger charge is -2.27. The number of nitrogens with zero attached hydrogens (tertiary/aromatic N) is 5. The van der Waals surface area contributed by atoms with Crippen molar-refractivity contribution in [3.8, 4) is 0 Å². The van der Waals surface area contributed by atoms with E-state index in [1.165, 1.54) is 18.2 Å². The molecule has 3 aromatic rings. The number of urea groups is 1. The van der Waals surface area contributed by atoms with Crippen LogP contribution in [0, 0.1) is 5.41 Å². The highest BCUT2D eigenvalue weighted by Crippen LogP contribution is 2.45. The van der Waals surface area contributed by atoms with Crippen LogP contribution in [-0.4, -0.2) is 85.7 Å². The number of rotatable bonds is 8. The van der Waals surface area contributed by atoms with Crippen LogP contribution < -0.4 is 16.4 Å². The summed E-state index contributed by atoms with van der Waals surface area (Å²) in [4.78, 5) is 27.0. The monoisotopic (exact) mass is 538 g/mol. The van der Waals surface area contributed by atoms with Gasteiger partial charge < -0.3 is 36.2 Å². The number of aliphatic hydroxyl groups excluding tert-OH is 2. The Morgan fingerprint density at radius 3 is 2.56 bits per heavy atom. The average Bonchev–Trinajstić information content (AvgIpc) is 3.41. The number of carbonyl (C=O) groups excluding carboxylic acids is 1. The zero-order chi connectivity index (χ0) is 27.9. The number of amides is 2. The van der Waals surface area contributed by atoms with Gasteiger partial charge >= 0.3 is 6.03 Å². The van der Waals surface area contributed by atoms with Crippen LogP contribution in [0.5, 0.6) is 0 Å². The summed E-state index contributed by atoms with van der Waals surface area (Å²) in [6, 6.07) is 7.68. The van der Waals surface area contributed by atoms with Crippen LogP contribution in [0.4, 0.5) is 16.3 Å². The average molecular weight is 539 g/mol. The summed E-state index contributed by atoms with van der Waals surface area (Å²) in [6.07, 6.45) is 1.10. The number of nitrogens with two attached hydrogens (primary N) is 1. The molecule has 4 unspecified atom stereocenters. The number of imidazole rings is 1. The van der Waals surface area contributed by atoms with Crippen molar-refractivity contribution >= 4 is 28.7 Å². The summed E-state index contributed by atoms with van der Waals surface area (Å²) in [7, 11) is 1.95.